The quantitative estimate of drug-likeness (QED) is 0.907. The van der Waals surface area contributed by atoms with E-state index in [9.17, 15) is 4.79 Å². The van der Waals surface area contributed by atoms with Crippen LogP contribution in [0.2, 0.25) is 0 Å². The van der Waals surface area contributed by atoms with E-state index in [1.807, 2.05) is 36.9 Å². The van der Waals surface area contributed by atoms with Crippen molar-refractivity contribution in [3.05, 3.63) is 35.4 Å². The fraction of sp³-hybridized carbons (Fsp3) is 0.500. The summed E-state index contributed by atoms with van der Waals surface area (Å²) in [6.07, 6.45) is 1.33. The maximum Gasteiger partial charge on any atom is 0.233 e. The van der Waals surface area contributed by atoms with Gasteiger partial charge in [0.25, 0.3) is 0 Å². The first-order valence-corrected chi connectivity index (χ1v) is 7.13. The van der Waals surface area contributed by atoms with Gasteiger partial charge in [-0.2, -0.15) is 5.26 Å². The van der Waals surface area contributed by atoms with E-state index in [-0.39, 0.29) is 11.9 Å². The molecule has 0 heterocycles. The van der Waals surface area contributed by atoms with E-state index in [0.29, 0.717) is 31.5 Å². The van der Waals surface area contributed by atoms with Crippen LogP contribution in [-0.2, 0) is 10.2 Å². The van der Waals surface area contributed by atoms with Gasteiger partial charge in [0.15, 0.2) is 0 Å². The van der Waals surface area contributed by atoms with E-state index >= 15 is 0 Å². The topological polar surface area (TPSA) is 70.1 Å². The molecule has 2 rings (SSSR count). The molecule has 0 radical (unpaired) electrons. The van der Waals surface area contributed by atoms with Gasteiger partial charge in [0.05, 0.1) is 17.0 Å². The lowest BCUT2D eigenvalue weighted by molar-refractivity contribution is -0.141. The molecule has 106 valence electrons. The van der Waals surface area contributed by atoms with Crippen molar-refractivity contribution in [1.82, 2.24) is 4.90 Å². The van der Waals surface area contributed by atoms with E-state index in [4.69, 9.17) is 11.0 Å². The largest absolute Gasteiger partial charge is 0.342 e. The van der Waals surface area contributed by atoms with E-state index < -0.39 is 5.41 Å². The predicted molar refractivity (Wildman–Crippen MR) is 78.0 cm³/mol. The molecule has 1 saturated carbocycles. The van der Waals surface area contributed by atoms with Gasteiger partial charge in [-0.25, -0.2) is 0 Å². The summed E-state index contributed by atoms with van der Waals surface area (Å²) in [7, 11) is 0. The summed E-state index contributed by atoms with van der Waals surface area (Å²) < 4.78 is 0. The van der Waals surface area contributed by atoms with Gasteiger partial charge in [-0.15, -0.1) is 0 Å². The summed E-state index contributed by atoms with van der Waals surface area (Å²) >= 11 is 0. The smallest absolute Gasteiger partial charge is 0.233 e. The Labute approximate surface area is 120 Å². The van der Waals surface area contributed by atoms with Gasteiger partial charge in [0.1, 0.15) is 0 Å². The minimum atomic E-state index is -0.529. The van der Waals surface area contributed by atoms with Crippen LogP contribution in [0.3, 0.4) is 0 Å². The average molecular weight is 271 g/mol. The summed E-state index contributed by atoms with van der Waals surface area (Å²) in [6, 6.07) is 9.58. The molecule has 2 N–H and O–H groups in total. The Morgan fingerprint density at radius 3 is 2.60 bits per heavy atom. The third-order valence-electron chi connectivity index (χ3n) is 4.23. The second-order valence-corrected chi connectivity index (χ2v) is 5.42. The molecule has 0 saturated heterocycles. The van der Waals surface area contributed by atoms with Crippen LogP contribution in [0.15, 0.2) is 24.3 Å². The number of likely N-dealkylation sites (N-methyl/N-ethyl adjacent to an activating group) is 1. The van der Waals surface area contributed by atoms with E-state index in [1.54, 1.807) is 6.07 Å². The van der Waals surface area contributed by atoms with Crippen LogP contribution in [0.4, 0.5) is 0 Å². The van der Waals surface area contributed by atoms with Gasteiger partial charge in [-0.3, -0.25) is 4.79 Å². The van der Waals surface area contributed by atoms with Gasteiger partial charge >= 0.3 is 0 Å². The molecular weight excluding hydrogens is 250 g/mol. The Morgan fingerprint density at radius 2 is 2.10 bits per heavy atom. The zero-order valence-corrected chi connectivity index (χ0v) is 12.1. The highest BCUT2D eigenvalue weighted by Gasteiger charge is 2.51. The normalized spacial score (nSPS) is 24.6. The Morgan fingerprint density at radius 1 is 1.45 bits per heavy atom. The molecule has 0 spiro atoms. The molecule has 1 aromatic carbocycles. The first kappa shape index (κ1) is 14.5. The van der Waals surface area contributed by atoms with Crippen LogP contribution >= 0.6 is 0 Å². The van der Waals surface area contributed by atoms with Crippen LogP contribution in [0.25, 0.3) is 0 Å². The highest BCUT2D eigenvalue weighted by molar-refractivity contribution is 5.89. The number of rotatable bonds is 4. The van der Waals surface area contributed by atoms with Crippen LogP contribution in [0.1, 0.15) is 37.8 Å². The molecule has 4 nitrogen and oxygen atoms in total. The Hall–Kier alpha value is -1.86. The lowest BCUT2D eigenvalue weighted by Crippen LogP contribution is -2.58. The monoisotopic (exact) mass is 271 g/mol. The summed E-state index contributed by atoms with van der Waals surface area (Å²) in [5.41, 5.74) is 6.94. The van der Waals surface area contributed by atoms with Gasteiger partial charge in [-0.05, 0) is 44.4 Å². The molecule has 1 amide bonds. The minimum Gasteiger partial charge on any atom is -0.342 e. The summed E-state index contributed by atoms with van der Waals surface area (Å²) in [4.78, 5) is 14.7. The van der Waals surface area contributed by atoms with Crippen molar-refractivity contribution in [3.8, 4) is 6.07 Å². The number of carbonyl (C=O) groups is 1. The van der Waals surface area contributed by atoms with Gasteiger partial charge in [0.2, 0.25) is 5.91 Å². The molecule has 0 unspecified atom stereocenters. The number of amides is 1. The predicted octanol–water partition coefficient (Wildman–Crippen LogP) is 1.79. The Balaban J connectivity index is 2.40. The van der Waals surface area contributed by atoms with Crippen molar-refractivity contribution in [2.45, 2.75) is 38.1 Å². The molecule has 0 aromatic heterocycles. The molecular formula is C16H21N3O. The van der Waals surface area contributed by atoms with Crippen LogP contribution in [-0.4, -0.2) is 29.9 Å². The fourth-order valence-electron chi connectivity index (χ4n) is 3.07. The summed E-state index contributed by atoms with van der Waals surface area (Å²) in [5.74, 6) is 0.138. The molecule has 0 atom stereocenters. The lowest BCUT2D eigenvalue weighted by atomic mass is 9.60. The van der Waals surface area contributed by atoms with E-state index in [0.717, 1.165) is 5.56 Å². The maximum atomic E-state index is 12.8. The third kappa shape index (κ3) is 2.30. The van der Waals surface area contributed by atoms with Gasteiger partial charge in [0, 0.05) is 19.1 Å². The average Bonchev–Trinajstić information content (AvgIpc) is 2.44. The number of nitriles is 1. The number of carbonyl (C=O) groups excluding carboxylic acids is 1. The second kappa shape index (κ2) is 5.64. The Kier molecular flexibility index (Phi) is 4.10. The van der Waals surface area contributed by atoms with Crippen molar-refractivity contribution in [2.24, 2.45) is 5.73 Å². The minimum absolute atomic E-state index is 0.0697. The second-order valence-electron chi connectivity index (χ2n) is 5.42. The lowest BCUT2D eigenvalue weighted by Gasteiger charge is -2.47. The molecule has 4 heteroatoms. The van der Waals surface area contributed by atoms with Gasteiger partial charge in [-0.1, -0.05) is 12.1 Å². The highest BCUT2D eigenvalue weighted by Crippen LogP contribution is 2.44. The molecule has 1 aliphatic rings. The zero-order valence-electron chi connectivity index (χ0n) is 12.1. The van der Waals surface area contributed by atoms with Crippen molar-refractivity contribution >= 4 is 5.91 Å². The van der Waals surface area contributed by atoms with Crippen molar-refractivity contribution in [2.75, 3.05) is 13.1 Å². The summed E-state index contributed by atoms with van der Waals surface area (Å²) in [6.45, 7) is 5.37. The fourth-order valence-corrected chi connectivity index (χ4v) is 3.07. The SMILES string of the molecule is CCN(CC)C(=O)C1(c2cccc(C#N)c2)CC(N)C1. The number of hydrogen-bond acceptors (Lipinski definition) is 3. The van der Waals surface area contributed by atoms with Crippen LogP contribution in [0, 0.1) is 11.3 Å². The van der Waals surface area contributed by atoms with E-state index in [2.05, 4.69) is 6.07 Å². The molecule has 0 aliphatic heterocycles. The van der Waals surface area contributed by atoms with Crippen molar-refractivity contribution < 1.29 is 4.79 Å². The number of nitrogens with zero attached hydrogens (tertiary/aromatic N) is 2. The maximum absolute atomic E-state index is 12.8. The molecule has 1 aromatic rings. The number of hydrogen-bond donors (Lipinski definition) is 1. The number of benzene rings is 1. The van der Waals surface area contributed by atoms with Crippen molar-refractivity contribution in [1.29, 1.82) is 5.26 Å². The van der Waals surface area contributed by atoms with Crippen LogP contribution < -0.4 is 5.73 Å². The molecule has 0 bridgehead atoms. The number of nitrogens with two attached hydrogens (primary N) is 1. The van der Waals surface area contributed by atoms with Crippen LogP contribution in [0.5, 0.6) is 0 Å². The van der Waals surface area contributed by atoms with Crippen molar-refractivity contribution in [3.63, 3.8) is 0 Å². The standard InChI is InChI=1S/C16H21N3O/c1-3-19(4-2)15(20)16(9-14(18)10-16)13-7-5-6-12(8-13)11-17/h5-8,14H,3-4,9-10,18H2,1-2H3. The first-order valence-electron chi connectivity index (χ1n) is 7.13. The van der Waals surface area contributed by atoms with E-state index in [1.165, 1.54) is 0 Å². The zero-order chi connectivity index (χ0) is 14.8. The third-order valence-corrected chi connectivity index (χ3v) is 4.23. The Bertz CT molecular complexity index is 537. The molecule has 20 heavy (non-hydrogen) atoms. The summed E-state index contributed by atoms with van der Waals surface area (Å²) in [5, 5.41) is 9.04. The first-order chi connectivity index (χ1) is 9.57. The molecule has 1 aliphatic carbocycles. The van der Waals surface area contributed by atoms with Gasteiger partial charge < -0.3 is 10.6 Å². The molecule has 1 fully saturated rings. The highest BCUT2D eigenvalue weighted by atomic mass is 16.2.